The molecule has 2 aromatic rings. The minimum Gasteiger partial charge on any atom is -0.485 e. The number of carbonyl (C=O) groups is 1. The molecule has 0 unspecified atom stereocenters. The molecule has 0 heterocycles. The third-order valence-corrected chi connectivity index (χ3v) is 3.74. The van der Waals surface area contributed by atoms with E-state index in [-0.39, 0.29) is 17.9 Å². The molecule has 0 atom stereocenters. The number of aryl methyl sites for hydroxylation is 2. The quantitative estimate of drug-likeness (QED) is 0.934. The van der Waals surface area contributed by atoms with Gasteiger partial charge in [0.2, 0.25) is 0 Å². The molecule has 3 nitrogen and oxygen atoms in total. The molecule has 0 amide bonds. The van der Waals surface area contributed by atoms with E-state index in [9.17, 15) is 9.18 Å². The molecule has 2 aromatic carbocycles. The van der Waals surface area contributed by atoms with E-state index in [2.05, 4.69) is 12.1 Å². The van der Waals surface area contributed by atoms with Gasteiger partial charge in [0, 0.05) is 0 Å². The summed E-state index contributed by atoms with van der Waals surface area (Å²) in [6.45, 7) is 0.161. The standard InChI is InChI=1S/C17H15FO3/c18-15-6-2-5-14(17(19)20)16(15)21-10-11-7-8-12-3-1-4-13(12)9-11/h2,5-9H,1,3-4,10H2,(H,19,20). The van der Waals surface area contributed by atoms with Crippen LogP contribution in [0.3, 0.4) is 0 Å². The van der Waals surface area contributed by atoms with Crippen LogP contribution in [0.2, 0.25) is 0 Å². The van der Waals surface area contributed by atoms with E-state index < -0.39 is 11.8 Å². The molecule has 0 fully saturated rings. The van der Waals surface area contributed by atoms with E-state index in [4.69, 9.17) is 9.84 Å². The van der Waals surface area contributed by atoms with Crippen LogP contribution >= 0.6 is 0 Å². The summed E-state index contributed by atoms with van der Waals surface area (Å²) in [5.74, 6) is -2.06. The Bertz CT molecular complexity index is 694. The Kier molecular flexibility index (Phi) is 3.60. The molecule has 0 saturated heterocycles. The van der Waals surface area contributed by atoms with Crippen molar-refractivity contribution >= 4 is 5.97 Å². The third kappa shape index (κ3) is 2.75. The number of halogens is 1. The normalized spacial score (nSPS) is 13.0. The molecule has 0 saturated carbocycles. The van der Waals surface area contributed by atoms with Gasteiger partial charge in [-0.2, -0.15) is 0 Å². The fourth-order valence-electron chi connectivity index (χ4n) is 2.69. The molecule has 0 aromatic heterocycles. The summed E-state index contributed by atoms with van der Waals surface area (Å²) in [4.78, 5) is 11.1. The van der Waals surface area contributed by atoms with Crippen LogP contribution in [0.5, 0.6) is 5.75 Å². The number of hydrogen-bond donors (Lipinski definition) is 1. The van der Waals surface area contributed by atoms with Gasteiger partial charge in [-0.15, -0.1) is 0 Å². The molecule has 1 N–H and O–H groups in total. The summed E-state index contributed by atoms with van der Waals surface area (Å²) in [5.41, 5.74) is 3.44. The lowest BCUT2D eigenvalue weighted by Gasteiger charge is -2.11. The molecule has 1 aliphatic carbocycles. The van der Waals surface area contributed by atoms with Crippen molar-refractivity contribution < 1.29 is 19.0 Å². The minimum absolute atomic E-state index is 0.156. The number of benzene rings is 2. The van der Waals surface area contributed by atoms with Crippen LogP contribution in [0.25, 0.3) is 0 Å². The Morgan fingerprint density at radius 1 is 1.19 bits per heavy atom. The zero-order chi connectivity index (χ0) is 14.8. The predicted octanol–water partition coefficient (Wildman–Crippen LogP) is 3.59. The molecule has 0 spiro atoms. The van der Waals surface area contributed by atoms with E-state index in [0.717, 1.165) is 24.8 Å². The van der Waals surface area contributed by atoms with Crippen molar-refractivity contribution in [1.82, 2.24) is 0 Å². The van der Waals surface area contributed by atoms with Gasteiger partial charge in [-0.25, -0.2) is 9.18 Å². The van der Waals surface area contributed by atoms with E-state index in [1.807, 2.05) is 6.07 Å². The largest absolute Gasteiger partial charge is 0.485 e. The lowest BCUT2D eigenvalue weighted by atomic mass is 10.1. The van der Waals surface area contributed by atoms with Crippen LogP contribution in [-0.4, -0.2) is 11.1 Å². The zero-order valence-corrected chi connectivity index (χ0v) is 11.4. The highest BCUT2D eigenvalue weighted by Crippen LogP contribution is 2.26. The Labute approximate surface area is 122 Å². The smallest absolute Gasteiger partial charge is 0.339 e. The SMILES string of the molecule is O=C(O)c1cccc(F)c1OCc1ccc2c(c1)CCC2. The molecule has 108 valence electrons. The number of fused-ring (bicyclic) bond motifs is 1. The van der Waals surface area contributed by atoms with Gasteiger partial charge in [0.05, 0.1) is 0 Å². The molecule has 3 rings (SSSR count). The molecule has 0 bridgehead atoms. The second-order valence-electron chi connectivity index (χ2n) is 5.17. The topological polar surface area (TPSA) is 46.5 Å². The Balaban J connectivity index is 1.80. The van der Waals surface area contributed by atoms with Crippen LogP contribution in [-0.2, 0) is 19.4 Å². The molecule has 0 radical (unpaired) electrons. The number of aromatic carboxylic acids is 1. The van der Waals surface area contributed by atoms with Gasteiger partial charge in [0.25, 0.3) is 0 Å². The molecular weight excluding hydrogens is 271 g/mol. The van der Waals surface area contributed by atoms with Crippen LogP contribution in [0.1, 0.15) is 33.5 Å². The van der Waals surface area contributed by atoms with Gasteiger partial charge >= 0.3 is 5.97 Å². The first kappa shape index (κ1) is 13.6. The van der Waals surface area contributed by atoms with E-state index >= 15 is 0 Å². The average Bonchev–Trinajstić information content (AvgIpc) is 2.93. The van der Waals surface area contributed by atoms with Gasteiger partial charge in [-0.1, -0.05) is 24.3 Å². The van der Waals surface area contributed by atoms with Gasteiger partial charge < -0.3 is 9.84 Å². The number of carboxylic acids is 1. The van der Waals surface area contributed by atoms with Crippen molar-refractivity contribution in [2.75, 3.05) is 0 Å². The first-order valence-electron chi connectivity index (χ1n) is 6.90. The number of ether oxygens (including phenoxy) is 1. The maximum Gasteiger partial charge on any atom is 0.339 e. The van der Waals surface area contributed by atoms with Crippen LogP contribution < -0.4 is 4.74 Å². The van der Waals surface area contributed by atoms with Crippen molar-refractivity contribution in [2.45, 2.75) is 25.9 Å². The molecule has 21 heavy (non-hydrogen) atoms. The monoisotopic (exact) mass is 286 g/mol. The summed E-state index contributed by atoms with van der Waals surface area (Å²) in [5, 5.41) is 9.07. The molecule has 0 aliphatic heterocycles. The van der Waals surface area contributed by atoms with E-state index in [1.165, 1.54) is 29.3 Å². The van der Waals surface area contributed by atoms with Crippen LogP contribution in [0.15, 0.2) is 36.4 Å². The van der Waals surface area contributed by atoms with Gasteiger partial charge in [-0.3, -0.25) is 0 Å². The zero-order valence-electron chi connectivity index (χ0n) is 11.4. The number of para-hydroxylation sites is 1. The van der Waals surface area contributed by atoms with Crippen molar-refractivity contribution in [3.63, 3.8) is 0 Å². The molecule has 1 aliphatic rings. The predicted molar refractivity (Wildman–Crippen MR) is 76.2 cm³/mol. The van der Waals surface area contributed by atoms with E-state index in [1.54, 1.807) is 0 Å². The lowest BCUT2D eigenvalue weighted by Crippen LogP contribution is -2.05. The summed E-state index contributed by atoms with van der Waals surface area (Å²) in [6.07, 6.45) is 3.33. The Hall–Kier alpha value is -2.36. The average molecular weight is 286 g/mol. The Morgan fingerprint density at radius 3 is 2.81 bits per heavy atom. The second-order valence-corrected chi connectivity index (χ2v) is 5.17. The maximum atomic E-state index is 13.7. The Morgan fingerprint density at radius 2 is 2.00 bits per heavy atom. The van der Waals surface area contributed by atoms with Gasteiger partial charge in [0.1, 0.15) is 12.2 Å². The first-order chi connectivity index (χ1) is 10.1. The second kappa shape index (κ2) is 5.56. The summed E-state index contributed by atoms with van der Waals surface area (Å²) < 4.78 is 19.2. The van der Waals surface area contributed by atoms with Crippen molar-refractivity contribution in [3.8, 4) is 5.75 Å². The van der Waals surface area contributed by atoms with E-state index in [0.29, 0.717) is 0 Å². The third-order valence-electron chi connectivity index (χ3n) is 3.74. The van der Waals surface area contributed by atoms with Crippen LogP contribution in [0.4, 0.5) is 4.39 Å². The minimum atomic E-state index is -1.20. The number of hydrogen-bond acceptors (Lipinski definition) is 2. The van der Waals surface area contributed by atoms with Crippen molar-refractivity contribution in [1.29, 1.82) is 0 Å². The number of rotatable bonds is 4. The highest BCUT2D eigenvalue weighted by molar-refractivity contribution is 5.90. The molecule has 4 heteroatoms. The highest BCUT2D eigenvalue weighted by Gasteiger charge is 2.16. The summed E-state index contributed by atoms with van der Waals surface area (Å²) in [6, 6.07) is 9.98. The fraction of sp³-hybridized carbons (Fsp3) is 0.235. The van der Waals surface area contributed by atoms with Crippen molar-refractivity contribution in [3.05, 3.63) is 64.5 Å². The summed E-state index contributed by atoms with van der Waals surface area (Å²) >= 11 is 0. The molecular formula is C17H15FO3. The van der Waals surface area contributed by atoms with Crippen molar-refractivity contribution in [2.24, 2.45) is 0 Å². The number of carboxylic acid groups (broad SMARTS) is 1. The summed E-state index contributed by atoms with van der Waals surface area (Å²) in [7, 11) is 0. The van der Waals surface area contributed by atoms with Gasteiger partial charge in [-0.05, 0) is 48.1 Å². The maximum absolute atomic E-state index is 13.7. The highest BCUT2D eigenvalue weighted by atomic mass is 19.1. The fourth-order valence-corrected chi connectivity index (χ4v) is 2.69. The lowest BCUT2D eigenvalue weighted by molar-refractivity contribution is 0.0690. The first-order valence-corrected chi connectivity index (χ1v) is 6.90. The van der Waals surface area contributed by atoms with Gasteiger partial charge in [0.15, 0.2) is 11.6 Å². The van der Waals surface area contributed by atoms with Crippen LogP contribution in [0, 0.1) is 5.82 Å².